The van der Waals surface area contributed by atoms with Gasteiger partial charge in [-0.1, -0.05) is 6.07 Å². The number of methoxy groups -OCH3 is 1. The van der Waals surface area contributed by atoms with Crippen molar-refractivity contribution in [2.45, 2.75) is 25.3 Å². The lowest BCUT2D eigenvalue weighted by atomic mass is 10.2. The van der Waals surface area contributed by atoms with E-state index in [1.54, 1.807) is 12.0 Å². The van der Waals surface area contributed by atoms with Gasteiger partial charge in [-0.05, 0) is 25.0 Å². The summed E-state index contributed by atoms with van der Waals surface area (Å²) in [6.07, 6.45) is 2.47. The highest BCUT2D eigenvalue weighted by Crippen LogP contribution is 2.25. The zero-order valence-electron chi connectivity index (χ0n) is 12.7. The quantitative estimate of drug-likeness (QED) is 0.922. The van der Waals surface area contributed by atoms with Gasteiger partial charge < -0.3 is 19.9 Å². The summed E-state index contributed by atoms with van der Waals surface area (Å²) in [5.74, 6) is 0.745. The molecule has 2 aliphatic heterocycles. The van der Waals surface area contributed by atoms with Gasteiger partial charge >= 0.3 is 6.03 Å². The maximum atomic E-state index is 12.2. The Morgan fingerprint density at radius 1 is 1.32 bits per heavy atom. The first-order valence-corrected chi connectivity index (χ1v) is 7.67. The van der Waals surface area contributed by atoms with E-state index >= 15 is 0 Å². The van der Waals surface area contributed by atoms with Gasteiger partial charge in [-0.3, -0.25) is 4.79 Å². The van der Waals surface area contributed by atoms with Gasteiger partial charge in [-0.15, -0.1) is 0 Å². The van der Waals surface area contributed by atoms with Crippen LogP contribution in [-0.4, -0.2) is 49.6 Å². The first-order valence-electron chi connectivity index (χ1n) is 7.67. The van der Waals surface area contributed by atoms with Crippen LogP contribution in [0.3, 0.4) is 0 Å². The lowest BCUT2D eigenvalue weighted by molar-refractivity contribution is -0.117. The van der Waals surface area contributed by atoms with Crippen LogP contribution in [-0.2, 0) is 4.79 Å². The Balaban J connectivity index is 1.63. The molecule has 1 aromatic rings. The summed E-state index contributed by atoms with van der Waals surface area (Å²) in [4.78, 5) is 27.8. The first-order chi connectivity index (χ1) is 10.7. The molecule has 0 aromatic heterocycles. The Morgan fingerprint density at radius 3 is 2.82 bits per heavy atom. The van der Waals surface area contributed by atoms with Crippen LogP contribution in [0.25, 0.3) is 0 Å². The van der Waals surface area contributed by atoms with E-state index in [4.69, 9.17) is 4.74 Å². The van der Waals surface area contributed by atoms with Crippen molar-refractivity contribution >= 4 is 17.6 Å². The number of ether oxygens (including phenoxy) is 1. The topological polar surface area (TPSA) is 61.9 Å². The van der Waals surface area contributed by atoms with Crippen molar-refractivity contribution in [3.8, 4) is 5.75 Å². The minimum atomic E-state index is -0.133. The van der Waals surface area contributed by atoms with Crippen LogP contribution in [0.15, 0.2) is 24.3 Å². The maximum absolute atomic E-state index is 12.2. The molecule has 3 amide bonds. The molecule has 6 heteroatoms. The molecule has 0 bridgehead atoms. The van der Waals surface area contributed by atoms with E-state index in [0.717, 1.165) is 37.4 Å². The molecule has 0 spiro atoms. The monoisotopic (exact) mass is 303 g/mol. The van der Waals surface area contributed by atoms with Crippen LogP contribution in [0, 0.1) is 0 Å². The van der Waals surface area contributed by atoms with Crippen LogP contribution in [0.5, 0.6) is 5.75 Å². The summed E-state index contributed by atoms with van der Waals surface area (Å²) in [6.45, 7) is 2.13. The predicted octanol–water partition coefficient (Wildman–Crippen LogP) is 1.61. The van der Waals surface area contributed by atoms with Gasteiger partial charge in [0, 0.05) is 37.8 Å². The van der Waals surface area contributed by atoms with Gasteiger partial charge in [0.1, 0.15) is 5.75 Å². The van der Waals surface area contributed by atoms with E-state index in [1.807, 2.05) is 29.2 Å². The summed E-state index contributed by atoms with van der Waals surface area (Å²) in [6, 6.07) is 7.23. The highest BCUT2D eigenvalue weighted by molar-refractivity contribution is 5.97. The van der Waals surface area contributed by atoms with Crippen molar-refractivity contribution in [3.63, 3.8) is 0 Å². The molecule has 1 atom stereocenters. The number of nitrogens with one attached hydrogen (secondary N) is 1. The number of likely N-dealkylation sites (tertiary alicyclic amines) is 1. The molecule has 1 N–H and O–H groups in total. The number of nitrogens with zero attached hydrogens (tertiary/aromatic N) is 2. The minimum absolute atomic E-state index is 0.0278. The summed E-state index contributed by atoms with van der Waals surface area (Å²) in [5.41, 5.74) is 0.808. The zero-order chi connectivity index (χ0) is 15.5. The highest BCUT2D eigenvalue weighted by Gasteiger charge is 2.33. The average Bonchev–Trinajstić information content (AvgIpc) is 3.17. The molecule has 6 nitrogen and oxygen atoms in total. The molecular formula is C16H21N3O3. The number of carbonyl (C=O) groups is 2. The van der Waals surface area contributed by atoms with Crippen molar-refractivity contribution in [3.05, 3.63) is 24.3 Å². The van der Waals surface area contributed by atoms with Gasteiger partial charge in [0.25, 0.3) is 0 Å². The van der Waals surface area contributed by atoms with Gasteiger partial charge in [0.05, 0.1) is 13.2 Å². The lowest BCUT2D eigenvalue weighted by Crippen LogP contribution is -2.44. The Hall–Kier alpha value is -2.24. The fourth-order valence-electron chi connectivity index (χ4n) is 3.02. The molecule has 2 fully saturated rings. The van der Waals surface area contributed by atoms with Crippen molar-refractivity contribution in [2.24, 2.45) is 0 Å². The van der Waals surface area contributed by atoms with Gasteiger partial charge in [-0.2, -0.15) is 0 Å². The first kappa shape index (κ1) is 14.7. The Kier molecular flexibility index (Phi) is 4.18. The molecule has 0 saturated carbocycles. The minimum Gasteiger partial charge on any atom is -0.497 e. The molecule has 3 rings (SSSR count). The summed E-state index contributed by atoms with van der Waals surface area (Å²) < 4.78 is 5.19. The van der Waals surface area contributed by atoms with E-state index in [9.17, 15) is 9.59 Å². The molecule has 2 heterocycles. The third-order valence-corrected chi connectivity index (χ3v) is 4.21. The van der Waals surface area contributed by atoms with Crippen molar-refractivity contribution < 1.29 is 14.3 Å². The van der Waals surface area contributed by atoms with E-state index in [-0.39, 0.29) is 18.0 Å². The molecule has 1 aromatic carbocycles. The van der Waals surface area contributed by atoms with Crippen molar-refractivity contribution in [1.29, 1.82) is 0 Å². The van der Waals surface area contributed by atoms with Crippen molar-refractivity contribution in [2.75, 3.05) is 31.6 Å². The summed E-state index contributed by atoms with van der Waals surface area (Å²) in [7, 11) is 1.60. The van der Waals surface area contributed by atoms with E-state index in [0.29, 0.717) is 13.0 Å². The smallest absolute Gasteiger partial charge is 0.317 e. The molecule has 2 aliphatic rings. The van der Waals surface area contributed by atoms with Crippen LogP contribution in [0.2, 0.25) is 0 Å². The van der Waals surface area contributed by atoms with Crippen LogP contribution in [0.1, 0.15) is 19.3 Å². The van der Waals surface area contributed by atoms with E-state index in [1.165, 1.54) is 0 Å². The number of hydrogen-bond acceptors (Lipinski definition) is 3. The molecule has 118 valence electrons. The summed E-state index contributed by atoms with van der Waals surface area (Å²) in [5, 5.41) is 2.97. The van der Waals surface area contributed by atoms with E-state index in [2.05, 4.69) is 5.32 Å². The number of hydrogen-bond donors (Lipinski definition) is 1. The zero-order valence-corrected chi connectivity index (χ0v) is 12.7. The Morgan fingerprint density at radius 2 is 2.09 bits per heavy atom. The standard InChI is InChI=1S/C16H21N3O3/c1-22-14-6-4-5-13(10-14)19-11-12(9-15(19)20)17-16(21)18-7-2-3-8-18/h4-6,10,12H,2-3,7-9,11H2,1H3,(H,17,21)/t12-/m0/s1. The van der Waals surface area contributed by atoms with Crippen LogP contribution in [0.4, 0.5) is 10.5 Å². The van der Waals surface area contributed by atoms with Crippen LogP contribution >= 0.6 is 0 Å². The lowest BCUT2D eigenvalue weighted by Gasteiger charge is -2.21. The number of anilines is 1. The highest BCUT2D eigenvalue weighted by atomic mass is 16.5. The SMILES string of the molecule is COc1cccc(N2C[C@@H](NC(=O)N3CCCC3)CC2=O)c1. The second-order valence-electron chi connectivity index (χ2n) is 5.75. The molecule has 0 radical (unpaired) electrons. The number of amides is 3. The number of urea groups is 1. The predicted molar refractivity (Wildman–Crippen MR) is 83.1 cm³/mol. The molecule has 0 unspecified atom stereocenters. The second kappa shape index (κ2) is 6.25. The number of benzene rings is 1. The summed E-state index contributed by atoms with van der Waals surface area (Å²) >= 11 is 0. The van der Waals surface area contributed by atoms with Gasteiger partial charge in [-0.25, -0.2) is 4.79 Å². The molecule has 22 heavy (non-hydrogen) atoms. The maximum Gasteiger partial charge on any atom is 0.317 e. The molecule has 0 aliphatic carbocycles. The number of carbonyl (C=O) groups excluding carboxylic acids is 2. The van der Waals surface area contributed by atoms with Gasteiger partial charge in [0.2, 0.25) is 5.91 Å². The third-order valence-electron chi connectivity index (χ3n) is 4.21. The van der Waals surface area contributed by atoms with Gasteiger partial charge in [0.15, 0.2) is 0 Å². The molecule has 2 saturated heterocycles. The third kappa shape index (κ3) is 3.00. The van der Waals surface area contributed by atoms with Crippen molar-refractivity contribution in [1.82, 2.24) is 10.2 Å². The fourth-order valence-corrected chi connectivity index (χ4v) is 3.02. The van der Waals surface area contributed by atoms with Crippen LogP contribution < -0.4 is 15.0 Å². The Bertz CT molecular complexity index is 570. The second-order valence-corrected chi connectivity index (χ2v) is 5.75. The average molecular weight is 303 g/mol. The molecular weight excluding hydrogens is 282 g/mol. The van der Waals surface area contributed by atoms with E-state index < -0.39 is 0 Å². The number of rotatable bonds is 3. The normalized spacial score (nSPS) is 21.3. The largest absolute Gasteiger partial charge is 0.497 e. The Labute approximate surface area is 130 Å². The fraction of sp³-hybridized carbons (Fsp3) is 0.500.